The molecule has 2 rings (SSSR count). The van der Waals surface area contributed by atoms with Crippen molar-refractivity contribution in [3.63, 3.8) is 0 Å². The first-order chi connectivity index (χ1) is 8.70. The van der Waals surface area contributed by atoms with E-state index in [0.717, 1.165) is 11.1 Å². The molecule has 0 aliphatic carbocycles. The number of carbonyl (C=O) groups is 1. The fraction of sp³-hybridized carbons (Fsp3) is 0.250. The molecule has 2 aromatic rings. The number of rotatable bonds is 4. The zero-order valence-corrected chi connectivity index (χ0v) is 10.1. The molecule has 94 valence electrons. The van der Waals surface area contributed by atoms with E-state index in [1.54, 1.807) is 30.7 Å². The van der Waals surface area contributed by atoms with Crippen molar-refractivity contribution in [1.29, 1.82) is 0 Å². The van der Waals surface area contributed by atoms with E-state index < -0.39 is 0 Å². The molecule has 4 N–H and O–H groups in total. The summed E-state index contributed by atoms with van der Waals surface area (Å²) in [4.78, 5) is 16.0. The molecule has 0 radical (unpaired) electrons. The van der Waals surface area contributed by atoms with Crippen molar-refractivity contribution < 1.29 is 4.79 Å². The Kier molecular flexibility index (Phi) is 3.69. The van der Waals surface area contributed by atoms with Crippen molar-refractivity contribution in [3.8, 4) is 0 Å². The standard InChI is InChI=1S/C12H15N5O/c1-8(10-6-15-16-7-10)17-12(18)11-3-2-9(4-13)5-14-11/h2-3,5-8H,4,13H2,1H3,(H,15,16)(H,17,18). The average Bonchev–Trinajstić information content (AvgIpc) is 2.92. The van der Waals surface area contributed by atoms with Crippen LogP contribution in [0.1, 0.15) is 34.6 Å². The molecule has 1 amide bonds. The van der Waals surface area contributed by atoms with Crippen LogP contribution in [0.2, 0.25) is 0 Å². The van der Waals surface area contributed by atoms with Gasteiger partial charge in [0, 0.05) is 24.5 Å². The second-order valence-electron chi connectivity index (χ2n) is 3.98. The Morgan fingerprint density at radius 3 is 2.89 bits per heavy atom. The molecule has 0 saturated heterocycles. The summed E-state index contributed by atoms with van der Waals surface area (Å²) >= 11 is 0. The lowest BCUT2D eigenvalue weighted by atomic mass is 10.2. The van der Waals surface area contributed by atoms with Crippen LogP contribution in [0.5, 0.6) is 0 Å². The molecule has 0 bridgehead atoms. The van der Waals surface area contributed by atoms with E-state index >= 15 is 0 Å². The number of aromatic nitrogens is 3. The van der Waals surface area contributed by atoms with E-state index in [2.05, 4.69) is 20.5 Å². The minimum atomic E-state index is -0.215. The van der Waals surface area contributed by atoms with Crippen LogP contribution in [0.25, 0.3) is 0 Å². The quantitative estimate of drug-likeness (QED) is 0.740. The van der Waals surface area contributed by atoms with Crippen molar-refractivity contribution in [2.24, 2.45) is 5.73 Å². The zero-order valence-electron chi connectivity index (χ0n) is 10.1. The van der Waals surface area contributed by atoms with Gasteiger partial charge in [-0.1, -0.05) is 6.07 Å². The van der Waals surface area contributed by atoms with Crippen LogP contribution in [0.4, 0.5) is 0 Å². The van der Waals surface area contributed by atoms with Crippen LogP contribution in [0.3, 0.4) is 0 Å². The maximum absolute atomic E-state index is 11.9. The minimum absolute atomic E-state index is 0.118. The predicted octanol–water partition coefficient (Wildman–Crippen LogP) is 0.754. The lowest BCUT2D eigenvalue weighted by molar-refractivity contribution is 0.0935. The molecule has 0 aromatic carbocycles. The summed E-state index contributed by atoms with van der Waals surface area (Å²) < 4.78 is 0. The maximum atomic E-state index is 11.9. The van der Waals surface area contributed by atoms with Gasteiger partial charge >= 0.3 is 0 Å². The van der Waals surface area contributed by atoms with Crippen LogP contribution in [-0.4, -0.2) is 21.1 Å². The molecule has 2 heterocycles. The number of hydrogen-bond donors (Lipinski definition) is 3. The Balaban J connectivity index is 2.03. The Labute approximate surface area is 105 Å². The summed E-state index contributed by atoms with van der Waals surface area (Å²) in [6, 6.07) is 3.34. The summed E-state index contributed by atoms with van der Waals surface area (Å²) in [5, 5.41) is 9.39. The molecule has 6 nitrogen and oxygen atoms in total. The lowest BCUT2D eigenvalue weighted by Gasteiger charge is -2.11. The van der Waals surface area contributed by atoms with E-state index in [1.165, 1.54) is 0 Å². The van der Waals surface area contributed by atoms with Crippen molar-refractivity contribution in [2.75, 3.05) is 0 Å². The van der Waals surface area contributed by atoms with Gasteiger partial charge in [0.25, 0.3) is 5.91 Å². The van der Waals surface area contributed by atoms with Crippen LogP contribution >= 0.6 is 0 Å². The number of H-pyrrole nitrogens is 1. The third-order valence-electron chi connectivity index (χ3n) is 2.66. The molecule has 1 unspecified atom stereocenters. The topological polar surface area (TPSA) is 96.7 Å². The fourth-order valence-electron chi connectivity index (χ4n) is 1.53. The first-order valence-corrected chi connectivity index (χ1v) is 5.65. The average molecular weight is 245 g/mol. The Bertz CT molecular complexity index is 506. The first-order valence-electron chi connectivity index (χ1n) is 5.65. The largest absolute Gasteiger partial charge is 0.344 e. The van der Waals surface area contributed by atoms with Gasteiger partial charge in [-0.25, -0.2) is 0 Å². The highest BCUT2D eigenvalue weighted by Crippen LogP contribution is 2.10. The number of hydrogen-bond acceptors (Lipinski definition) is 4. The van der Waals surface area contributed by atoms with Gasteiger partial charge in [0.15, 0.2) is 0 Å². The second-order valence-corrected chi connectivity index (χ2v) is 3.98. The summed E-state index contributed by atoms with van der Waals surface area (Å²) in [5.74, 6) is -0.215. The molecule has 0 spiro atoms. The van der Waals surface area contributed by atoms with Gasteiger partial charge in [0.2, 0.25) is 0 Å². The summed E-state index contributed by atoms with van der Waals surface area (Å²) in [7, 11) is 0. The van der Waals surface area contributed by atoms with Gasteiger partial charge in [-0.05, 0) is 18.6 Å². The number of nitrogens with zero attached hydrogens (tertiary/aromatic N) is 2. The summed E-state index contributed by atoms with van der Waals surface area (Å²) in [6.07, 6.45) is 5.03. The number of pyridine rings is 1. The fourth-order valence-corrected chi connectivity index (χ4v) is 1.53. The highest BCUT2D eigenvalue weighted by atomic mass is 16.1. The lowest BCUT2D eigenvalue weighted by Crippen LogP contribution is -2.27. The normalized spacial score (nSPS) is 12.1. The van der Waals surface area contributed by atoms with Gasteiger partial charge in [-0.15, -0.1) is 0 Å². The van der Waals surface area contributed by atoms with Gasteiger partial charge < -0.3 is 11.1 Å². The van der Waals surface area contributed by atoms with Crippen molar-refractivity contribution in [3.05, 3.63) is 47.5 Å². The van der Waals surface area contributed by atoms with E-state index in [4.69, 9.17) is 5.73 Å². The maximum Gasteiger partial charge on any atom is 0.270 e. The Morgan fingerprint density at radius 2 is 2.33 bits per heavy atom. The van der Waals surface area contributed by atoms with Gasteiger partial charge in [-0.3, -0.25) is 14.9 Å². The van der Waals surface area contributed by atoms with Crippen molar-refractivity contribution >= 4 is 5.91 Å². The predicted molar refractivity (Wildman–Crippen MR) is 66.6 cm³/mol. The third kappa shape index (κ3) is 2.72. The van der Waals surface area contributed by atoms with Crippen molar-refractivity contribution in [1.82, 2.24) is 20.5 Å². The molecular weight excluding hydrogens is 230 g/mol. The molecule has 0 aliphatic rings. The monoisotopic (exact) mass is 245 g/mol. The van der Waals surface area contributed by atoms with Gasteiger partial charge in [-0.2, -0.15) is 5.10 Å². The molecule has 2 aromatic heterocycles. The highest BCUT2D eigenvalue weighted by Gasteiger charge is 2.12. The summed E-state index contributed by atoms with van der Waals surface area (Å²) in [6.45, 7) is 2.30. The third-order valence-corrected chi connectivity index (χ3v) is 2.66. The number of nitrogens with one attached hydrogen (secondary N) is 2. The van der Waals surface area contributed by atoms with Crippen LogP contribution < -0.4 is 11.1 Å². The summed E-state index contributed by atoms with van der Waals surface area (Å²) in [5.41, 5.74) is 7.66. The molecule has 18 heavy (non-hydrogen) atoms. The number of amides is 1. The number of nitrogens with two attached hydrogens (primary N) is 1. The molecule has 0 fully saturated rings. The molecule has 6 heteroatoms. The molecule has 0 aliphatic heterocycles. The van der Waals surface area contributed by atoms with E-state index in [-0.39, 0.29) is 11.9 Å². The van der Waals surface area contributed by atoms with Gasteiger partial charge in [0.05, 0.1) is 12.2 Å². The molecule has 0 saturated carbocycles. The van der Waals surface area contributed by atoms with Crippen LogP contribution in [-0.2, 0) is 6.54 Å². The zero-order chi connectivity index (χ0) is 13.0. The van der Waals surface area contributed by atoms with Gasteiger partial charge in [0.1, 0.15) is 5.69 Å². The van der Waals surface area contributed by atoms with E-state index in [9.17, 15) is 4.79 Å². The van der Waals surface area contributed by atoms with E-state index in [1.807, 2.05) is 6.92 Å². The molecular formula is C12H15N5O. The first kappa shape index (κ1) is 12.3. The SMILES string of the molecule is CC(NC(=O)c1ccc(CN)cn1)c1cn[nH]c1. The second kappa shape index (κ2) is 5.42. The smallest absolute Gasteiger partial charge is 0.270 e. The number of carbonyl (C=O) groups excluding carboxylic acids is 1. The Hall–Kier alpha value is -2.21. The molecule has 1 atom stereocenters. The number of aromatic amines is 1. The Morgan fingerprint density at radius 1 is 1.50 bits per heavy atom. The van der Waals surface area contributed by atoms with Crippen LogP contribution in [0.15, 0.2) is 30.7 Å². The minimum Gasteiger partial charge on any atom is -0.344 e. The highest BCUT2D eigenvalue weighted by molar-refractivity contribution is 5.92. The van der Waals surface area contributed by atoms with Crippen LogP contribution in [0, 0.1) is 0 Å². The van der Waals surface area contributed by atoms with Crippen molar-refractivity contribution in [2.45, 2.75) is 19.5 Å². The van der Waals surface area contributed by atoms with E-state index in [0.29, 0.717) is 12.2 Å².